The van der Waals surface area contributed by atoms with Crippen molar-refractivity contribution in [2.75, 3.05) is 24.4 Å². The number of amides is 2. The van der Waals surface area contributed by atoms with E-state index in [1.54, 1.807) is 38.1 Å². The van der Waals surface area contributed by atoms with Crippen molar-refractivity contribution in [1.82, 2.24) is 0 Å². The predicted octanol–water partition coefficient (Wildman–Crippen LogP) is 6.62. The number of Topliss-reactive ketones (excluding diaryl/α,β-unsaturated/α-hetero) is 1. The fourth-order valence-electron chi connectivity index (χ4n) is 3.75. The van der Waals surface area contributed by atoms with Gasteiger partial charge in [0.2, 0.25) is 5.91 Å². The molecule has 2 rings (SSSR count). The predicted molar refractivity (Wildman–Crippen MR) is 158 cm³/mol. The maximum absolute atomic E-state index is 12.8. The van der Waals surface area contributed by atoms with Crippen molar-refractivity contribution in [2.24, 2.45) is 0 Å². The number of ketones is 1. The van der Waals surface area contributed by atoms with Gasteiger partial charge in [0.25, 0.3) is 5.91 Å². The van der Waals surface area contributed by atoms with Gasteiger partial charge in [0, 0.05) is 24.0 Å². The van der Waals surface area contributed by atoms with Crippen LogP contribution in [0.25, 0.3) is 0 Å². The summed E-state index contributed by atoms with van der Waals surface area (Å²) >= 11 is 6.09. The first kappa shape index (κ1) is 32.3. The molecule has 2 aromatic rings. The van der Waals surface area contributed by atoms with Gasteiger partial charge in [0.1, 0.15) is 11.4 Å². The van der Waals surface area contributed by atoms with E-state index >= 15 is 0 Å². The molecule has 0 aliphatic rings. The molecule has 0 aliphatic heterocycles. The quantitative estimate of drug-likeness (QED) is 0.213. The summed E-state index contributed by atoms with van der Waals surface area (Å²) in [6.07, 6.45) is 1.93. The number of nitrogens with one attached hydrogen (secondary N) is 2. The molecule has 0 bridgehead atoms. The first-order chi connectivity index (χ1) is 18.1. The zero-order valence-corrected chi connectivity index (χ0v) is 25.4. The van der Waals surface area contributed by atoms with Crippen molar-refractivity contribution in [3.8, 4) is 5.75 Å². The smallest absolute Gasteiger partial charge is 0.262 e. The third-order valence-electron chi connectivity index (χ3n) is 7.59. The minimum atomic E-state index is -1.43. The molecule has 39 heavy (non-hydrogen) atoms. The standard InChI is InChI=1S/C31H43ClN2O5/c1-10-29(3,4)20-15-16-24(23(17-20)30(5,6)11-2)39-19-25(35)33-21-13-12-14-22(18-21)34-28(37)26(32)27(36)31(7,8)38-9/h12-18,26H,10-11,19H2,1-9H3,(H,33,35)(H,34,37). The van der Waals surface area contributed by atoms with Crippen molar-refractivity contribution >= 4 is 40.6 Å². The van der Waals surface area contributed by atoms with Gasteiger partial charge in [0.15, 0.2) is 17.8 Å². The van der Waals surface area contributed by atoms with E-state index in [9.17, 15) is 14.4 Å². The van der Waals surface area contributed by atoms with Crippen LogP contribution < -0.4 is 15.4 Å². The van der Waals surface area contributed by atoms with Crippen molar-refractivity contribution in [3.05, 3.63) is 53.6 Å². The summed E-state index contributed by atoms with van der Waals surface area (Å²) in [4.78, 5) is 37.7. The van der Waals surface area contributed by atoms with Crippen LogP contribution in [0.4, 0.5) is 11.4 Å². The highest BCUT2D eigenvalue weighted by Gasteiger charge is 2.36. The minimum Gasteiger partial charge on any atom is -0.483 e. The van der Waals surface area contributed by atoms with Crippen LogP contribution in [-0.4, -0.2) is 42.3 Å². The molecule has 1 unspecified atom stereocenters. The second-order valence-electron chi connectivity index (χ2n) is 11.5. The summed E-state index contributed by atoms with van der Waals surface area (Å²) < 4.78 is 11.1. The van der Waals surface area contributed by atoms with Crippen LogP contribution in [0.5, 0.6) is 5.75 Å². The lowest BCUT2D eigenvalue weighted by Gasteiger charge is -2.30. The van der Waals surface area contributed by atoms with E-state index in [2.05, 4.69) is 64.3 Å². The summed E-state index contributed by atoms with van der Waals surface area (Å²) in [6.45, 7) is 16.0. The summed E-state index contributed by atoms with van der Waals surface area (Å²) in [5, 5.41) is 3.98. The number of anilines is 2. The van der Waals surface area contributed by atoms with Gasteiger partial charge in [-0.2, -0.15) is 0 Å². The summed E-state index contributed by atoms with van der Waals surface area (Å²) in [7, 11) is 1.38. The molecular formula is C31H43ClN2O5. The first-order valence-electron chi connectivity index (χ1n) is 13.3. The average Bonchev–Trinajstić information content (AvgIpc) is 2.90. The second-order valence-corrected chi connectivity index (χ2v) is 12.0. The molecule has 0 spiro atoms. The van der Waals surface area contributed by atoms with E-state index in [0.29, 0.717) is 17.1 Å². The molecule has 1 atom stereocenters. The van der Waals surface area contributed by atoms with Gasteiger partial charge in [-0.3, -0.25) is 14.4 Å². The van der Waals surface area contributed by atoms with Gasteiger partial charge in [-0.15, -0.1) is 11.6 Å². The fraction of sp³-hybridized carbons (Fsp3) is 0.516. The summed E-state index contributed by atoms with van der Waals surface area (Å²) in [5.74, 6) is -0.892. The second kappa shape index (κ2) is 13.0. The van der Waals surface area contributed by atoms with E-state index < -0.39 is 22.7 Å². The van der Waals surface area contributed by atoms with Crippen LogP contribution in [0.2, 0.25) is 0 Å². The van der Waals surface area contributed by atoms with Crippen molar-refractivity contribution < 1.29 is 23.9 Å². The van der Waals surface area contributed by atoms with Gasteiger partial charge in [-0.25, -0.2) is 0 Å². The van der Waals surface area contributed by atoms with Gasteiger partial charge in [-0.1, -0.05) is 59.7 Å². The fourth-order valence-corrected chi connectivity index (χ4v) is 4.06. The lowest BCUT2D eigenvalue weighted by Crippen LogP contribution is -2.44. The topological polar surface area (TPSA) is 93.7 Å². The number of methoxy groups -OCH3 is 1. The van der Waals surface area contributed by atoms with E-state index in [0.717, 1.165) is 18.4 Å². The number of halogens is 1. The van der Waals surface area contributed by atoms with Crippen molar-refractivity contribution in [3.63, 3.8) is 0 Å². The Hall–Kier alpha value is -2.90. The molecule has 0 fully saturated rings. The monoisotopic (exact) mass is 558 g/mol. The van der Waals surface area contributed by atoms with Gasteiger partial charge in [0.05, 0.1) is 0 Å². The van der Waals surface area contributed by atoms with Crippen LogP contribution in [0, 0.1) is 0 Å². The molecule has 0 aromatic heterocycles. The van der Waals surface area contributed by atoms with E-state index in [4.69, 9.17) is 21.1 Å². The zero-order valence-electron chi connectivity index (χ0n) is 24.7. The normalized spacial score (nSPS) is 13.0. The Morgan fingerprint density at radius 2 is 1.46 bits per heavy atom. The highest BCUT2D eigenvalue weighted by atomic mass is 35.5. The lowest BCUT2D eigenvalue weighted by atomic mass is 9.76. The Kier molecular flexibility index (Phi) is 10.7. The van der Waals surface area contributed by atoms with Crippen LogP contribution in [0.15, 0.2) is 42.5 Å². The molecule has 0 radical (unpaired) electrons. The Bertz CT molecular complexity index is 1190. The molecule has 7 nitrogen and oxygen atoms in total. The number of carbonyl (C=O) groups excluding carboxylic acids is 3. The van der Waals surface area contributed by atoms with Crippen LogP contribution >= 0.6 is 11.6 Å². The number of benzene rings is 2. The van der Waals surface area contributed by atoms with E-state index in [1.807, 2.05) is 6.07 Å². The van der Waals surface area contributed by atoms with Crippen molar-refractivity contribution in [2.45, 2.75) is 90.0 Å². The van der Waals surface area contributed by atoms with Crippen LogP contribution in [-0.2, 0) is 30.0 Å². The Morgan fingerprint density at radius 1 is 0.872 bits per heavy atom. The number of hydrogen-bond acceptors (Lipinski definition) is 5. The average molecular weight is 559 g/mol. The summed E-state index contributed by atoms with van der Waals surface area (Å²) in [5.41, 5.74) is 1.87. The highest BCUT2D eigenvalue weighted by molar-refractivity contribution is 6.44. The lowest BCUT2D eigenvalue weighted by molar-refractivity contribution is -0.139. The SMILES string of the molecule is CCC(C)(C)c1ccc(OCC(=O)Nc2cccc(NC(=O)C(Cl)C(=O)C(C)(C)OC)c2)c(C(C)(C)CC)c1. The summed E-state index contributed by atoms with van der Waals surface area (Å²) in [6, 6.07) is 12.8. The molecule has 0 aliphatic carbocycles. The van der Waals surface area contributed by atoms with Crippen LogP contribution in [0.3, 0.4) is 0 Å². The molecule has 214 valence electrons. The Morgan fingerprint density at radius 3 is 2.03 bits per heavy atom. The molecule has 2 N–H and O–H groups in total. The van der Waals surface area contributed by atoms with E-state index in [1.165, 1.54) is 12.7 Å². The number of rotatable bonds is 13. The zero-order chi connectivity index (χ0) is 29.6. The van der Waals surface area contributed by atoms with E-state index in [-0.39, 0.29) is 23.3 Å². The molecule has 8 heteroatoms. The number of carbonyl (C=O) groups is 3. The first-order valence-corrected chi connectivity index (χ1v) is 13.7. The molecular weight excluding hydrogens is 516 g/mol. The Balaban J connectivity index is 2.11. The number of ether oxygens (including phenoxy) is 2. The largest absolute Gasteiger partial charge is 0.483 e. The maximum Gasteiger partial charge on any atom is 0.262 e. The minimum absolute atomic E-state index is 0.0334. The molecule has 0 heterocycles. The molecule has 0 saturated carbocycles. The third-order valence-corrected chi connectivity index (χ3v) is 7.99. The molecule has 0 saturated heterocycles. The Labute approximate surface area is 238 Å². The molecule has 2 aromatic carbocycles. The van der Waals surface area contributed by atoms with Crippen LogP contribution in [0.1, 0.15) is 79.4 Å². The number of hydrogen-bond donors (Lipinski definition) is 2. The van der Waals surface area contributed by atoms with Gasteiger partial charge in [-0.05, 0) is 67.3 Å². The highest BCUT2D eigenvalue weighted by Crippen LogP contribution is 2.38. The van der Waals surface area contributed by atoms with Crippen molar-refractivity contribution in [1.29, 1.82) is 0 Å². The molecule has 2 amide bonds. The maximum atomic E-state index is 12.8. The van der Waals surface area contributed by atoms with Gasteiger partial charge < -0.3 is 20.1 Å². The third kappa shape index (κ3) is 8.29. The van der Waals surface area contributed by atoms with Gasteiger partial charge >= 0.3 is 0 Å². The number of alkyl halides is 1.